The summed E-state index contributed by atoms with van der Waals surface area (Å²) < 4.78 is 28.8. The van der Waals surface area contributed by atoms with Gasteiger partial charge in [-0.15, -0.1) is 0 Å². The molecule has 2 heterocycles. The molecule has 1 fully saturated rings. The summed E-state index contributed by atoms with van der Waals surface area (Å²) in [5.74, 6) is -1.13. The predicted molar refractivity (Wildman–Crippen MR) is 90.2 cm³/mol. The highest BCUT2D eigenvalue weighted by Crippen LogP contribution is 2.25. The Morgan fingerprint density at radius 2 is 1.88 bits per heavy atom. The van der Waals surface area contributed by atoms with E-state index in [1.54, 1.807) is 15.8 Å². The molecule has 1 aromatic carbocycles. The number of carbonyl (C=O) groups excluding carboxylic acids is 1. The summed E-state index contributed by atoms with van der Waals surface area (Å²) in [6.07, 6.45) is 1.60. The highest BCUT2D eigenvalue weighted by atomic mass is 19.1. The van der Waals surface area contributed by atoms with Gasteiger partial charge in [0, 0.05) is 56.6 Å². The number of halogens is 2. The molecule has 0 spiro atoms. The number of amides is 1. The molecule has 0 bridgehead atoms. The number of carbonyl (C=O) groups is 1. The fourth-order valence-electron chi connectivity index (χ4n) is 3.23. The van der Waals surface area contributed by atoms with E-state index < -0.39 is 11.6 Å². The van der Waals surface area contributed by atoms with Crippen molar-refractivity contribution < 1.29 is 13.6 Å². The first-order valence-electron chi connectivity index (χ1n) is 8.35. The molecule has 1 aliphatic heterocycles. The maximum atomic E-state index is 14.0. The first-order valence-corrected chi connectivity index (χ1v) is 8.35. The van der Waals surface area contributed by atoms with Crippen LogP contribution in [0.15, 0.2) is 24.4 Å². The Morgan fingerprint density at radius 3 is 2.44 bits per heavy atom. The van der Waals surface area contributed by atoms with E-state index in [1.807, 2.05) is 20.9 Å². The van der Waals surface area contributed by atoms with Gasteiger partial charge in [0.25, 0.3) is 5.91 Å². The molecule has 0 radical (unpaired) electrons. The van der Waals surface area contributed by atoms with Gasteiger partial charge in [0.2, 0.25) is 0 Å². The van der Waals surface area contributed by atoms with Crippen molar-refractivity contribution in [2.24, 2.45) is 7.05 Å². The molecule has 5 nitrogen and oxygen atoms in total. The predicted octanol–water partition coefficient (Wildman–Crippen LogP) is 2.53. The molecule has 1 aliphatic rings. The number of aryl methyl sites for hydroxylation is 1. The lowest BCUT2D eigenvalue weighted by atomic mass is 10.0. The van der Waals surface area contributed by atoms with E-state index in [2.05, 4.69) is 10.00 Å². The van der Waals surface area contributed by atoms with Crippen LogP contribution in [0.1, 0.15) is 34.6 Å². The zero-order chi connectivity index (χ0) is 18.1. The summed E-state index contributed by atoms with van der Waals surface area (Å²) in [5.41, 5.74) is 1.94. The number of hydrogen-bond donors (Lipinski definition) is 0. The monoisotopic (exact) mass is 348 g/mol. The van der Waals surface area contributed by atoms with E-state index >= 15 is 0 Å². The van der Waals surface area contributed by atoms with Crippen LogP contribution in [-0.2, 0) is 7.05 Å². The van der Waals surface area contributed by atoms with Crippen molar-refractivity contribution in [1.82, 2.24) is 19.6 Å². The molecule has 1 saturated heterocycles. The van der Waals surface area contributed by atoms with Crippen molar-refractivity contribution in [2.75, 3.05) is 26.2 Å². The van der Waals surface area contributed by atoms with Gasteiger partial charge in [-0.1, -0.05) is 6.07 Å². The minimum absolute atomic E-state index is 0.0223. The molecule has 1 atom stereocenters. The fraction of sp³-hybridized carbons (Fsp3) is 0.444. The van der Waals surface area contributed by atoms with Crippen LogP contribution in [0.4, 0.5) is 8.78 Å². The van der Waals surface area contributed by atoms with Crippen LogP contribution < -0.4 is 0 Å². The smallest absolute Gasteiger partial charge is 0.257 e. The van der Waals surface area contributed by atoms with Crippen LogP contribution in [-0.4, -0.2) is 51.7 Å². The largest absolute Gasteiger partial charge is 0.336 e. The Morgan fingerprint density at radius 1 is 1.20 bits per heavy atom. The maximum Gasteiger partial charge on any atom is 0.257 e. The molecule has 0 saturated carbocycles. The van der Waals surface area contributed by atoms with Crippen molar-refractivity contribution in [3.63, 3.8) is 0 Å². The minimum Gasteiger partial charge on any atom is -0.336 e. The number of piperazine rings is 1. The number of benzene rings is 1. The van der Waals surface area contributed by atoms with Crippen LogP contribution in [0.3, 0.4) is 0 Å². The molecule has 134 valence electrons. The molecular weight excluding hydrogens is 326 g/mol. The third-order valence-corrected chi connectivity index (χ3v) is 5.03. The van der Waals surface area contributed by atoms with Gasteiger partial charge in [-0.2, -0.15) is 5.10 Å². The van der Waals surface area contributed by atoms with Gasteiger partial charge in [-0.3, -0.25) is 14.4 Å². The van der Waals surface area contributed by atoms with Crippen LogP contribution in [0.2, 0.25) is 0 Å². The van der Waals surface area contributed by atoms with Gasteiger partial charge in [-0.05, 0) is 19.9 Å². The third kappa shape index (κ3) is 3.42. The van der Waals surface area contributed by atoms with Gasteiger partial charge in [0.1, 0.15) is 11.6 Å². The zero-order valence-corrected chi connectivity index (χ0v) is 14.7. The molecule has 0 N–H and O–H groups in total. The van der Waals surface area contributed by atoms with Crippen molar-refractivity contribution in [1.29, 1.82) is 0 Å². The summed E-state index contributed by atoms with van der Waals surface area (Å²) in [6, 6.07) is 3.51. The SMILES string of the molecule is Cc1c(C(=O)N2CCN(C(C)c3ccc(F)cc3F)CC2)cnn1C. The van der Waals surface area contributed by atoms with Gasteiger partial charge in [-0.25, -0.2) is 8.78 Å². The maximum absolute atomic E-state index is 14.0. The van der Waals surface area contributed by atoms with Crippen molar-refractivity contribution >= 4 is 5.91 Å². The van der Waals surface area contributed by atoms with Crippen LogP contribution in [0.5, 0.6) is 0 Å². The normalized spacial score (nSPS) is 16.9. The first-order chi connectivity index (χ1) is 11.9. The van der Waals surface area contributed by atoms with E-state index in [0.29, 0.717) is 37.3 Å². The first kappa shape index (κ1) is 17.5. The van der Waals surface area contributed by atoms with E-state index in [-0.39, 0.29) is 11.9 Å². The molecule has 1 aromatic heterocycles. The average Bonchev–Trinajstić information content (AvgIpc) is 2.93. The van der Waals surface area contributed by atoms with Gasteiger partial charge in [0.15, 0.2) is 0 Å². The fourth-order valence-corrected chi connectivity index (χ4v) is 3.23. The summed E-state index contributed by atoms with van der Waals surface area (Å²) in [4.78, 5) is 16.5. The summed E-state index contributed by atoms with van der Waals surface area (Å²) >= 11 is 0. The van der Waals surface area contributed by atoms with Gasteiger partial charge in [0.05, 0.1) is 11.8 Å². The number of hydrogen-bond acceptors (Lipinski definition) is 3. The molecule has 2 aromatic rings. The molecule has 25 heavy (non-hydrogen) atoms. The van der Waals surface area contributed by atoms with E-state index in [9.17, 15) is 13.6 Å². The van der Waals surface area contributed by atoms with Crippen molar-refractivity contribution in [2.45, 2.75) is 19.9 Å². The summed E-state index contributed by atoms with van der Waals surface area (Å²) in [6.45, 7) is 6.20. The average molecular weight is 348 g/mol. The second-order valence-electron chi connectivity index (χ2n) is 6.44. The van der Waals surface area contributed by atoms with E-state index in [4.69, 9.17) is 0 Å². The van der Waals surface area contributed by atoms with Crippen molar-refractivity contribution in [3.8, 4) is 0 Å². The quantitative estimate of drug-likeness (QED) is 0.856. The molecular formula is C18H22F2N4O. The van der Waals surface area contributed by atoms with Crippen LogP contribution in [0, 0.1) is 18.6 Å². The highest BCUT2D eigenvalue weighted by Gasteiger charge is 2.28. The lowest BCUT2D eigenvalue weighted by Gasteiger charge is -2.38. The van der Waals surface area contributed by atoms with E-state index in [1.165, 1.54) is 12.1 Å². The Labute approximate surface area is 145 Å². The number of rotatable bonds is 3. The van der Waals surface area contributed by atoms with Gasteiger partial charge >= 0.3 is 0 Å². The Hall–Kier alpha value is -2.28. The highest BCUT2D eigenvalue weighted by molar-refractivity contribution is 5.95. The Bertz CT molecular complexity index is 781. The second-order valence-corrected chi connectivity index (χ2v) is 6.44. The number of nitrogens with zero attached hydrogens (tertiary/aromatic N) is 4. The minimum atomic E-state index is -0.573. The van der Waals surface area contributed by atoms with Crippen molar-refractivity contribution in [3.05, 3.63) is 52.9 Å². The van der Waals surface area contributed by atoms with E-state index in [0.717, 1.165) is 11.8 Å². The summed E-state index contributed by atoms with van der Waals surface area (Å²) in [7, 11) is 1.81. The topological polar surface area (TPSA) is 41.4 Å². The van der Waals surface area contributed by atoms with Crippen LogP contribution >= 0.6 is 0 Å². The standard InChI is InChI=1S/C18H22F2N4O/c1-12-16(11-21-22(12)3)18(25)24-8-6-23(7-9-24)13(2)15-5-4-14(19)10-17(15)20/h4-5,10-11,13H,6-9H2,1-3H3. The number of aromatic nitrogens is 2. The second kappa shape index (κ2) is 6.92. The Kier molecular flexibility index (Phi) is 4.85. The Balaban J connectivity index is 1.65. The lowest BCUT2D eigenvalue weighted by molar-refractivity contribution is 0.0578. The molecule has 1 unspecified atom stereocenters. The molecule has 1 amide bonds. The zero-order valence-electron chi connectivity index (χ0n) is 14.7. The van der Waals surface area contributed by atoms with Gasteiger partial charge < -0.3 is 4.90 Å². The summed E-state index contributed by atoms with van der Waals surface area (Å²) in [5, 5.41) is 4.12. The third-order valence-electron chi connectivity index (χ3n) is 5.03. The molecule has 3 rings (SSSR count). The molecule has 0 aliphatic carbocycles. The lowest BCUT2D eigenvalue weighted by Crippen LogP contribution is -2.49. The molecule has 7 heteroatoms. The van der Waals surface area contributed by atoms with Crippen LogP contribution in [0.25, 0.3) is 0 Å².